The van der Waals surface area contributed by atoms with Crippen molar-refractivity contribution in [3.05, 3.63) is 51.2 Å². The summed E-state index contributed by atoms with van der Waals surface area (Å²) >= 11 is 1.34. The lowest BCUT2D eigenvalue weighted by molar-refractivity contribution is -0.0146. The molecule has 0 amide bonds. The highest BCUT2D eigenvalue weighted by molar-refractivity contribution is 7.09. The number of halogens is 4. The molecule has 1 aromatic carbocycles. The standard InChI is InChI=1S/C17H16F3N3O2S.ClH/c1-9-22-13(7-26-9)14(24)5-10-2-3-12(18)11(4-10)17(16(19)20)8-25-6-15(21)23-17;/h2-4,7,16H,5-6,8H2,1H3,(H2,21,23);1H/t17-;/m0./s1. The van der Waals surface area contributed by atoms with Crippen LogP contribution in [0.1, 0.15) is 26.6 Å². The molecule has 1 aliphatic rings. The van der Waals surface area contributed by atoms with Gasteiger partial charge in [-0.1, -0.05) is 6.07 Å². The third kappa shape index (κ3) is 4.31. The molecule has 0 fully saturated rings. The van der Waals surface area contributed by atoms with Gasteiger partial charge < -0.3 is 10.5 Å². The Morgan fingerprint density at radius 3 is 2.78 bits per heavy atom. The average molecular weight is 420 g/mol. The first-order valence-corrected chi connectivity index (χ1v) is 8.64. The van der Waals surface area contributed by atoms with Gasteiger partial charge in [0.2, 0.25) is 0 Å². The van der Waals surface area contributed by atoms with E-state index < -0.39 is 24.4 Å². The number of aryl methyl sites for hydroxylation is 1. The number of nitrogens with two attached hydrogens (primary N) is 1. The zero-order chi connectivity index (χ0) is 18.9. The van der Waals surface area contributed by atoms with E-state index in [1.54, 1.807) is 12.3 Å². The second kappa shape index (κ2) is 8.37. The number of aromatic nitrogens is 1. The number of aliphatic imine (C=N–C) groups is 1. The summed E-state index contributed by atoms with van der Waals surface area (Å²) in [7, 11) is 0. The van der Waals surface area contributed by atoms with Gasteiger partial charge in [0, 0.05) is 17.4 Å². The predicted octanol–water partition coefficient (Wildman–Crippen LogP) is 3.29. The van der Waals surface area contributed by atoms with Gasteiger partial charge in [0.05, 0.1) is 11.6 Å². The van der Waals surface area contributed by atoms with Crippen LogP contribution in [0.3, 0.4) is 0 Å². The van der Waals surface area contributed by atoms with Crippen LogP contribution in [0.25, 0.3) is 0 Å². The Morgan fingerprint density at radius 1 is 1.44 bits per heavy atom. The molecule has 10 heteroatoms. The van der Waals surface area contributed by atoms with Gasteiger partial charge in [-0.15, -0.1) is 23.7 Å². The van der Waals surface area contributed by atoms with E-state index in [9.17, 15) is 18.0 Å². The Kier molecular flexibility index (Phi) is 6.61. The van der Waals surface area contributed by atoms with Crippen LogP contribution in [0.15, 0.2) is 28.6 Å². The second-order valence-electron chi connectivity index (χ2n) is 5.99. The summed E-state index contributed by atoms with van der Waals surface area (Å²) in [5.41, 5.74) is 3.67. The van der Waals surface area contributed by atoms with Crippen molar-refractivity contribution < 1.29 is 22.7 Å². The van der Waals surface area contributed by atoms with Crippen LogP contribution < -0.4 is 5.73 Å². The Bertz CT molecular complexity index is 875. The quantitative estimate of drug-likeness (QED) is 0.754. The number of carbonyl (C=O) groups is 1. The van der Waals surface area contributed by atoms with Gasteiger partial charge in [-0.3, -0.25) is 9.79 Å². The molecule has 0 unspecified atom stereocenters. The van der Waals surface area contributed by atoms with Crippen molar-refractivity contribution >= 4 is 35.4 Å². The zero-order valence-corrected chi connectivity index (χ0v) is 15.9. The fraction of sp³-hybridized carbons (Fsp3) is 0.353. The number of nitrogens with zero attached hydrogens (tertiary/aromatic N) is 2. The predicted molar refractivity (Wildman–Crippen MR) is 98.7 cm³/mol. The summed E-state index contributed by atoms with van der Waals surface area (Å²) in [5, 5.41) is 2.37. The number of hydrogen-bond donors (Lipinski definition) is 1. The number of rotatable bonds is 5. The summed E-state index contributed by atoms with van der Waals surface area (Å²) in [5.74, 6) is -1.26. The molecule has 0 aliphatic carbocycles. The van der Waals surface area contributed by atoms with Gasteiger partial charge in [0.15, 0.2) is 11.3 Å². The first-order valence-electron chi connectivity index (χ1n) is 7.76. The first-order chi connectivity index (χ1) is 12.3. The lowest BCUT2D eigenvalue weighted by Gasteiger charge is -2.33. The molecule has 1 aliphatic heterocycles. The average Bonchev–Trinajstić information content (AvgIpc) is 3.03. The number of amidine groups is 1. The van der Waals surface area contributed by atoms with Gasteiger partial charge >= 0.3 is 0 Å². The van der Waals surface area contributed by atoms with Crippen LogP contribution in [-0.2, 0) is 16.7 Å². The van der Waals surface area contributed by atoms with Gasteiger partial charge in [0.1, 0.15) is 24.0 Å². The monoisotopic (exact) mass is 419 g/mol. The van der Waals surface area contributed by atoms with Crippen molar-refractivity contribution in [1.82, 2.24) is 4.98 Å². The van der Waals surface area contributed by atoms with Crippen molar-refractivity contribution in [2.75, 3.05) is 13.2 Å². The van der Waals surface area contributed by atoms with Crippen molar-refractivity contribution in [3.8, 4) is 0 Å². The molecule has 5 nitrogen and oxygen atoms in total. The fourth-order valence-corrected chi connectivity index (χ4v) is 3.40. The molecule has 2 heterocycles. The molecular formula is C17H17ClF3N3O2S. The maximum absolute atomic E-state index is 14.4. The highest BCUT2D eigenvalue weighted by Gasteiger charge is 2.46. The van der Waals surface area contributed by atoms with E-state index in [-0.39, 0.29) is 42.6 Å². The number of thiazole rings is 1. The van der Waals surface area contributed by atoms with Crippen LogP contribution in [0, 0.1) is 12.7 Å². The molecular weight excluding hydrogens is 403 g/mol. The molecule has 146 valence electrons. The van der Waals surface area contributed by atoms with E-state index in [4.69, 9.17) is 10.5 Å². The van der Waals surface area contributed by atoms with Crippen LogP contribution >= 0.6 is 23.7 Å². The number of carbonyl (C=O) groups excluding carboxylic acids is 1. The van der Waals surface area contributed by atoms with Crippen LogP contribution in [0.5, 0.6) is 0 Å². The molecule has 1 atom stereocenters. The second-order valence-corrected chi connectivity index (χ2v) is 7.05. The molecule has 2 aromatic rings. The SMILES string of the molecule is Cc1nc(C(=O)Cc2ccc(F)c([C@]3(C(F)F)COCC(N)=N3)c2)cs1.Cl. The largest absolute Gasteiger partial charge is 0.385 e. The Labute approximate surface area is 163 Å². The molecule has 0 saturated heterocycles. The number of Topliss-reactive ketones (excluding diaryl/α,β-unsaturated/α-hetero) is 1. The highest BCUT2D eigenvalue weighted by atomic mass is 35.5. The summed E-state index contributed by atoms with van der Waals surface area (Å²) in [4.78, 5) is 20.2. The minimum atomic E-state index is -3.03. The van der Waals surface area contributed by atoms with Crippen molar-refractivity contribution in [1.29, 1.82) is 0 Å². The van der Waals surface area contributed by atoms with E-state index in [1.165, 1.54) is 23.5 Å². The minimum absolute atomic E-state index is 0. The number of alkyl halides is 2. The van der Waals surface area contributed by atoms with Crippen LogP contribution in [-0.4, -0.2) is 36.2 Å². The van der Waals surface area contributed by atoms with E-state index >= 15 is 0 Å². The fourth-order valence-electron chi connectivity index (χ4n) is 2.78. The molecule has 0 radical (unpaired) electrons. The maximum atomic E-state index is 14.4. The normalized spacial score (nSPS) is 19.5. The third-order valence-corrected chi connectivity index (χ3v) is 4.82. The molecule has 1 aromatic heterocycles. The Morgan fingerprint density at radius 2 is 2.19 bits per heavy atom. The summed E-state index contributed by atoms with van der Waals surface area (Å²) in [6.45, 7) is 1.19. The molecule has 0 saturated carbocycles. The first kappa shape index (κ1) is 21.3. The minimum Gasteiger partial charge on any atom is -0.385 e. The highest BCUT2D eigenvalue weighted by Crippen LogP contribution is 2.37. The zero-order valence-electron chi connectivity index (χ0n) is 14.2. The van der Waals surface area contributed by atoms with Crippen molar-refractivity contribution in [3.63, 3.8) is 0 Å². The Hall–Kier alpha value is -1.97. The van der Waals surface area contributed by atoms with E-state index in [0.717, 1.165) is 11.1 Å². The molecule has 27 heavy (non-hydrogen) atoms. The third-order valence-electron chi connectivity index (χ3n) is 4.04. The smallest absolute Gasteiger partial charge is 0.269 e. The van der Waals surface area contributed by atoms with Crippen LogP contribution in [0.2, 0.25) is 0 Å². The van der Waals surface area contributed by atoms with Crippen molar-refractivity contribution in [2.24, 2.45) is 10.7 Å². The lowest BCUT2D eigenvalue weighted by Crippen LogP contribution is -2.45. The van der Waals surface area contributed by atoms with Gasteiger partial charge in [-0.05, 0) is 24.6 Å². The number of benzene rings is 1. The van der Waals surface area contributed by atoms with Gasteiger partial charge in [0.25, 0.3) is 6.43 Å². The van der Waals surface area contributed by atoms with Crippen LogP contribution in [0.4, 0.5) is 13.2 Å². The lowest BCUT2D eigenvalue weighted by atomic mass is 9.88. The molecule has 2 N–H and O–H groups in total. The topological polar surface area (TPSA) is 77.6 Å². The van der Waals surface area contributed by atoms with E-state index in [0.29, 0.717) is 11.3 Å². The maximum Gasteiger partial charge on any atom is 0.269 e. The number of ether oxygens (including phenoxy) is 1. The number of ketones is 1. The van der Waals surface area contributed by atoms with E-state index in [1.807, 2.05) is 0 Å². The summed E-state index contributed by atoms with van der Waals surface area (Å²) in [6.07, 6.45) is -3.11. The van der Waals surface area contributed by atoms with E-state index in [2.05, 4.69) is 9.98 Å². The molecule has 0 bridgehead atoms. The Balaban J connectivity index is 0.00000261. The van der Waals surface area contributed by atoms with Gasteiger partial charge in [-0.25, -0.2) is 18.2 Å². The molecule has 3 rings (SSSR count). The van der Waals surface area contributed by atoms with Gasteiger partial charge in [-0.2, -0.15) is 0 Å². The van der Waals surface area contributed by atoms with Crippen molar-refractivity contribution in [2.45, 2.75) is 25.3 Å². The summed E-state index contributed by atoms with van der Waals surface area (Å²) < 4.78 is 47.0. The molecule has 0 spiro atoms. The number of hydrogen-bond acceptors (Lipinski definition) is 6. The summed E-state index contributed by atoms with van der Waals surface area (Å²) in [6, 6.07) is 3.66.